The van der Waals surface area contributed by atoms with Crippen molar-refractivity contribution in [1.29, 1.82) is 0 Å². The Morgan fingerprint density at radius 3 is 2.75 bits per heavy atom. The average Bonchev–Trinajstić information content (AvgIpc) is 2.39. The first-order valence-electron chi connectivity index (χ1n) is 6.09. The highest BCUT2D eigenvalue weighted by Gasteiger charge is 2.18. The topological polar surface area (TPSA) is 75.6 Å². The highest BCUT2D eigenvalue weighted by Crippen LogP contribution is 2.18. The number of carboxylic acids is 1. The van der Waals surface area contributed by atoms with E-state index in [2.05, 4.69) is 11.2 Å². The molecule has 1 aromatic rings. The molecule has 20 heavy (non-hydrogen) atoms. The van der Waals surface area contributed by atoms with Crippen LogP contribution in [-0.2, 0) is 9.59 Å². The van der Waals surface area contributed by atoms with Gasteiger partial charge in [-0.15, -0.1) is 12.3 Å². The van der Waals surface area contributed by atoms with Gasteiger partial charge in [0, 0.05) is 6.42 Å². The Kier molecular flexibility index (Phi) is 5.60. The van der Waals surface area contributed by atoms with Gasteiger partial charge in [0.25, 0.3) is 5.91 Å². The first kappa shape index (κ1) is 15.6. The molecule has 0 heterocycles. The van der Waals surface area contributed by atoms with Crippen LogP contribution in [0.1, 0.15) is 17.5 Å². The molecule has 0 aliphatic carbocycles. The number of rotatable bonds is 6. The Hall–Kier alpha value is -2.48. The highest BCUT2D eigenvalue weighted by molar-refractivity contribution is 5.84. The molecule has 5 nitrogen and oxygen atoms in total. The van der Waals surface area contributed by atoms with Crippen LogP contribution in [0.5, 0.6) is 5.75 Å². The summed E-state index contributed by atoms with van der Waals surface area (Å²) in [7, 11) is 0. The van der Waals surface area contributed by atoms with Gasteiger partial charge in [0.15, 0.2) is 6.61 Å². The fourth-order valence-electron chi connectivity index (χ4n) is 1.56. The second-order valence-electron chi connectivity index (χ2n) is 4.42. The Labute approximate surface area is 117 Å². The summed E-state index contributed by atoms with van der Waals surface area (Å²) in [6, 6.07) is 4.56. The lowest BCUT2D eigenvalue weighted by Gasteiger charge is -2.13. The van der Waals surface area contributed by atoms with E-state index in [9.17, 15) is 9.59 Å². The van der Waals surface area contributed by atoms with E-state index >= 15 is 0 Å². The molecule has 0 fully saturated rings. The van der Waals surface area contributed by atoms with Crippen LogP contribution in [-0.4, -0.2) is 29.6 Å². The lowest BCUT2D eigenvalue weighted by molar-refractivity contribution is -0.141. The number of carboxylic acid groups (broad SMARTS) is 1. The van der Waals surface area contributed by atoms with E-state index in [0.717, 1.165) is 11.1 Å². The quantitative estimate of drug-likeness (QED) is 0.767. The maximum atomic E-state index is 11.6. The Bertz CT molecular complexity index is 545. The van der Waals surface area contributed by atoms with Crippen LogP contribution in [0.4, 0.5) is 0 Å². The van der Waals surface area contributed by atoms with Gasteiger partial charge in [0.1, 0.15) is 11.8 Å². The van der Waals surface area contributed by atoms with Crippen LogP contribution in [0, 0.1) is 26.2 Å². The number of hydrogen-bond acceptors (Lipinski definition) is 3. The molecule has 0 aliphatic heterocycles. The third-order valence-electron chi connectivity index (χ3n) is 2.66. The SMILES string of the molecule is C#CCC(NC(=O)COc1cc(C)ccc1C)C(=O)O. The van der Waals surface area contributed by atoms with E-state index in [1.807, 2.05) is 32.0 Å². The van der Waals surface area contributed by atoms with Crippen LogP contribution in [0.25, 0.3) is 0 Å². The summed E-state index contributed by atoms with van der Waals surface area (Å²) < 4.78 is 5.38. The molecule has 0 spiro atoms. The van der Waals surface area contributed by atoms with Crippen molar-refractivity contribution in [1.82, 2.24) is 5.32 Å². The van der Waals surface area contributed by atoms with Gasteiger partial charge in [-0.05, 0) is 31.0 Å². The number of aliphatic carboxylic acids is 1. The van der Waals surface area contributed by atoms with Crippen molar-refractivity contribution < 1.29 is 19.4 Å². The molecule has 0 saturated carbocycles. The van der Waals surface area contributed by atoms with Gasteiger partial charge in [-0.3, -0.25) is 4.79 Å². The summed E-state index contributed by atoms with van der Waals surface area (Å²) in [6.07, 6.45) is 4.98. The van der Waals surface area contributed by atoms with Crippen LogP contribution in [0.15, 0.2) is 18.2 Å². The van der Waals surface area contributed by atoms with Gasteiger partial charge in [-0.1, -0.05) is 12.1 Å². The minimum absolute atomic E-state index is 0.0649. The van der Waals surface area contributed by atoms with Gasteiger partial charge < -0.3 is 15.2 Å². The molecule has 1 amide bonds. The number of hydrogen-bond donors (Lipinski definition) is 2. The summed E-state index contributed by atoms with van der Waals surface area (Å²) in [5, 5.41) is 11.2. The van der Waals surface area contributed by atoms with Gasteiger partial charge in [0.2, 0.25) is 0 Å². The molecular formula is C15H17NO4. The fraction of sp³-hybridized carbons (Fsp3) is 0.333. The molecular weight excluding hydrogens is 258 g/mol. The van der Waals surface area contributed by atoms with Crippen molar-refractivity contribution in [2.75, 3.05) is 6.61 Å². The van der Waals surface area contributed by atoms with Gasteiger partial charge in [-0.2, -0.15) is 0 Å². The Morgan fingerprint density at radius 1 is 1.45 bits per heavy atom. The largest absolute Gasteiger partial charge is 0.483 e. The van der Waals surface area contributed by atoms with Crippen LogP contribution >= 0.6 is 0 Å². The van der Waals surface area contributed by atoms with Crippen molar-refractivity contribution in [3.63, 3.8) is 0 Å². The molecule has 1 aromatic carbocycles. The maximum absolute atomic E-state index is 11.6. The third kappa shape index (κ3) is 4.65. The minimum Gasteiger partial charge on any atom is -0.483 e. The predicted molar refractivity (Wildman–Crippen MR) is 74.4 cm³/mol. The Morgan fingerprint density at radius 2 is 2.15 bits per heavy atom. The molecule has 0 aromatic heterocycles. The molecule has 1 rings (SSSR count). The summed E-state index contributed by atoms with van der Waals surface area (Å²) in [5.74, 6) is 1.13. The van der Waals surface area contributed by atoms with Crippen molar-refractivity contribution in [3.05, 3.63) is 29.3 Å². The molecule has 1 atom stereocenters. The second-order valence-corrected chi connectivity index (χ2v) is 4.42. The van der Waals surface area contributed by atoms with E-state index in [1.54, 1.807) is 0 Å². The third-order valence-corrected chi connectivity index (χ3v) is 2.66. The number of benzene rings is 1. The monoisotopic (exact) mass is 275 g/mol. The number of ether oxygens (including phenoxy) is 1. The number of carbonyl (C=O) groups excluding carboxylic acids is 1. The molecule has 1 unspecified atom stereocenters. The average molecular weight is 275 g/mol. The standard InChI is InChI=1S/C15H17NO4/c1-4-5-12(15(18)19)16-14(17)9-20-13-8-10(2)6-7-11(13)3/h1,6-8,12H,5,9H2,2-3H3,(H,16,17)(H,18,19). The van der Waals surface area contributed by atoms with Crippen LogP contribution in [0.2, 0.25) is 0 Å². The molecule has 0 aliphatic rings. The zero-order valence-corrected chi connectivity index (χ0v) is 11.5. The molecule has 106 valence electrons. The van der Waals surface area contributed by atoms with E-state index in [1.165, 1.54) is 0 Å². The number of amides is 1. The second kappa shape index (κ2) is 7.19. The maximum Gasteiger partial charge on any atom is 0.327 e. The van der Waals surface area contributed by atoms with Crippen molar-refractivity contribution in [3.8, 4) is 18.1 Å². The summed E-state index contributed by atoms with van der Waals surface area (Å²) >= 11 is 0. The molecule has 0 radical (unpaired) electrons. The fourth-order valence-corrected chi connectivity index (χ4v) is 1.56. The smallest absolute Gasteiger partial charge is 0.327 e. The first-order valence-corrected chi connectivity index (χ1v) is 6.09. The van der Waals surface area contributed by atoms with Crippen LogP contribution < -0.4 is 10.1 Å². The van der Waals surface area contributed by atoms with E-state index in [0.29, 0.717) is 5.75 Å². The number of carbonyl (C=O) groups is 2. The van der Waals surface area contributed by atoms with Gasteiger partial charge in [0.05, 0.1) is 0 Å². The van der Waals surface area contributed by atoms with E-state index < -0.39 is 17.9 Å². The predicted octanol–water partition coefficient (Wildman–Crippen LogP) is 1.27. The van der Waals surface area contributed by atoms with Gasteiger partial charge in [-0.25, -0.2) is 4.79 Å². The van der Waals surface area contributed by atoms with Crippen molar-refractivity contribution in [2.45, 2.75) is 26.3 Å². The number of aryl methyl sites for hydroxylation is 2. The zero-order valence-electron chi connectivity index (χ0n) is 11.5. The van der Waals surface area contributed by atoms with E-state index in [4.69, 9.17) is 16.3 Å². The minimum atomic E-state index is -1.16. The molecule has 2 N–H and O–H groups in total. The number of nitrogens with one attached hydrogen (secondary N) is 1. The summed E-state index contributed by atoms with van der Waals surface area (Å²) in [4.78, 5) is 22.5. The van der Waals surface area contributed by atoms with Gasteiger partial charge >= 0.3 is 5.97 Å². The normalized spacial score (nSPS) is 11.2. The molecule has 0 bridgehead atoms. The van der Waals surface area contributed by atoms with Crippen LogP contribution in [0.3, 0.4) is 0 Å². The lowest BCUT2D eigenvalue weighted by Crippen LogP contribution is -2.42. The Balaban J connectivity index is 2.57. The summed E-state index contributed by atoms with van der Waals surface area (Å²) in [6.45, 7) is 3.53. The zero-order chi connectivity index (χ0) is 15.1. The number of terminal acetylenes is 1. The lowest BCUT2D eigenvalue weighted by atomic mass is 10.1. The molecule has 5 heteroatoms. The van der Waals surface area contributed by atoms with Crippen molar-refractivity contribution in [2.24, 2.45) is 0 Å². The summed E-state index contributed by atoms with van der Waals surface area (Å²) in [5.41, 5.74) is 1.92. The molecule has 0 saturated heterocycles. The van der Waals surface area contributed by atoms with E-state index in [-0.39, 0.29) is 13.0 Å². The first-order chi connectivity index (χ1) is 9.43. The highest BCUT2D eigenvalue weighted by atomic mass is 16.5. The van der Waals surface area contributed by atoms with Crippen molar-refractivity contribution >= 4 is 11.9 Å².